The predicted octanol–water partition coefficient (Wildman–Crippen LogP) is 1.16. The maximum Gasteiger partial charge on any atom is 0.407 e. The average Bonchev–Trinajstić information content (AvgIpc) is 2.69. The van der Waals surface area contributed by atoms with Gasteiger partial charge in [-0.25, -0.2) is 4.79 Å². The van der Waals surface area contributed by atoms with Crippen LogP contribution in [0.4, 0.5) is 4.79 Å². The van der Waals surface area contributed by atoms with Crippen LogP contribution in [-0.4, -0.2) is 42.8 Å². The molecule has 20 heavy (non-hydrogen) atoms. The lowest BCUT2D eigenvalue weighted by molar-refractivity contribution is -0.118. The van der Waals surface area contributed by atoms with E-state index >= 15 is 0 Å². The van der Waals surface area contributed by atoms with Gasteiger partial charge >= 0.3 is 6.09 Å². The van der Waals surface area contributed by atoms with E-state index in [-0.39, 0.29) is 18.0 Å². The van der Waals surface area contributed by atoms with Crippen LogP contribution < -0.4 is 16.0 Å². The van der Waals surface area contributed by atoms with Gasteiger partial charge in [0.15, 0.2) is 0 Å². The highest BCUT2D eigenvalue weighted by atomic mass is 16.6. The number of rotatable bonds is 5. The van der Waals surface area contributed by atoms with E-state index in [1.54, 1.807) is 0 Å². The van der Waals surface area contributed by atoms with E-state index in [0.717, 1.165) is 25.8 Å². The highest BCUT2D eigenvalue weighted by Gasteiger charge is 2.27. The summed E-state index contributed by atoms with van der Waals surface area (Å²) in [5, 5.41) is 9.03. The van der Waals surface area contributed by atoms with Gasteiger partial charge in [-0.3, -0.25) is 4.79 Å². The summed E-state index contributed by atoms with van der Waals surface area (Å²) in [6.07, 6.45) is 2.54. The molecule has 1 rings (SSSR count). The Balaban J connectivity index is 2.16. The Morgan fingerprint density at radius 2 is 1.80 bits per heavy atom. The topological polar surface area (TPSA) is 79.5 Å². The van der Waals surface area contributed by atoms with Gasteiger partial charge in [0.25, 0.3) is 0 Å². The molecule has 2 unspecified atom stereocenters. The zero-order valence-electron chi connectivity index (χ0n) is 12.9. The van der Waals surface area contributed by atoms with E-state index in [0.29, 0.717) is 12.6 Å². The van der Waals surface area contributed by atoms with Crippen LogP contribution in [0.2, 0.25) is 0 Å². The number of ether oxygens (including phenoxy) is 1. The lowest BCUT2D eigenvalue weighted by Crippen LogP contribution is -2.39. The Hall–Kier alpha value is -1.30. The molecular weight excluding hydrogens is 258 g/mol. The van der Waals surface area contributed by atoms with Crippen molar-refractivity contribution in [3.63, 3.8) is 0 Å². The molecule has 6 nitrogen and oxygen atoms in total. The van der Waals surface area contributed by atoms with Crippen molar-refractivity contribution in [1.29, 1.82) is 0 Å². The smallest absolute Gasteiger partial charge is 0.407 e. The van der Waals surface area contributed by atoms with E-state index in [1.165, 1.54) is 6.92 Å². The molecule has 0 aromatic carbocycles. The van der Waals surface area contributed by atoms with Gasteiger partial charge in [0.2, 0.25) is 5.91 Å². The molecule has 2 atom stereocenters. The zero-order chi connectivity index (χ0) is 15.2. The molecule has 0 spiro atoms. The molecule has 0 aliphatic heterocycles. The summed E-state index contributed by atoms with van der Waals surface area (Å²) in [6, 6.07) is 0.562. The third-order valence-corrected chi connectivity index (χ3v) is 3.09. The first-order valence-corrected chi connectivity index (χ1v) is 7.23. The first-order valence-electron chi connectivity index (χ1n) is 7.23. The normalized spacial score (nSPS) is 22.4. The molecule has 3 N–H and O–H groups in total. The Morgan fingerprint density at radius 1 is 1.15 bits per heavy atom. The van der Waals surface area contributed by atoms with Crippen LogP contribution in [0.15, 0.2) is 0 Å². The Bertz CT molecular complexity index is 339. The summed E-state index contributed by atoms with van der Waals surface area (Å²) in [6.45, 7) is 8.46. The first-order chi connectivity index (χ1) is 9.26. The summed E-state index contributed by atoms with van der Waals surface area (Å²) < 4.78 is 5.24. The molecule has 1 aliphatic rings. The fourth-order valence-corrected chi connectivity index (χ4v) is 2.29. The maximum atomic E-state index is 11.7. The quantitative estimate of drug-likeness (QED) is 0.662. The highest BCUT2D eigenvalue weighted by Crippen LogP contribution is 2.19. The first kappa shape index (κ1) is 16.8. The van der Waals surface area contributed by atoms with E-state index in [4.69, 9.17) is 4.74 Å². The Kier molecular flexibility index (Phi) is 6.26. The number of amides is 2. The number of carbonyl (C=O) groups is 2. The Morgan fingerprint density at radius 3 is 2.40 bits per heavy atom. The third-order valence-electron chi connectivity index (χ3n) is 3.09. The lowest BCUT2D eigenvalue weighted by atomic mass is 10.2. The number of alkyl carbamates (subject to hydrolysis) is 1. The molecule has 1 aliphatic carbocycles. The molecule has 0 aromatic heterocycles. The minimum atomic E-state index is -0.460. The van der Waals surface area contributed by atoms with Gasteiger partial charge in [0, 0.05) is 32.1 Å². The summed E-state index contributed by atoms with van der Waals surface area (Å²) in [5.74, 6) is -0.0114. The SMILES string of the molecule is CC(=O)NCCNC1CCC(NC(=O)OC(C)(C)C)C1. The molecule has 2 amide bonds. The van der Waals surface area contributed by atoms with Crippen molar-refractivity contribution in [3.05, 3.63) is 0 Å². The monoisotopic (exact) mass is 285 g/mol. The largest absolute Gasteiger partial charge is 0.444 e. The van der Waals surface area contributed by atoms with Crippen LogP contribution >= 0.6 is 0 Å². The Labute approximate surface area is 121 Å². The molecule has 6 heteroatoms. The van der Waals surface area contributed by atoms with Gasteiger partial charge in [-0.15, -0.1) is 0 Å². The number of carbonyl (C=O) groups excluding carboxylic acids is 2. The molecule has 116 valence electrons. The lowest BCUT2D eigenvalue weighted by Gasteiger charge is -2.21. The molecule has 0 bridgehead atoms. The standard InChI is InChI=1S/C14H27N3O3/c1-10(18)15-7-8-16-11-5-6-12(9-11)17-13(19)20-14(2,3)4/h11-12,16H,5-9H2,1-4H3,(H,15,18)(H,17,19). The van der Waals surface area contributed by atoms with Crippen LogP contribution in [0.1, 0.15) is 47.0 Å². The van der Waals surface area contributed by atoms with Crippen LogP contribution in [-0.2, 0) is 9.53 Å². The minimum absolute atomic E-state index is 0.0114. The van der Waals surface area contributed by atoms with Crippen LogP contribution in [0.3, 0.4) is 0 Å². The van der Waals surface area contributed by atoms with Crippen LogP contribution in [0.25, 0.3) is 0 Å². The van der Waals surface area contributed by atoms with Crippen LogP contribution in [0.5, 0.6) is 0 Å². The number of nitrogens with one attached hydrogen (secondary N) is 3. The predicted molar refractivity (Wildman–Crippen MR) is 77.5 cm³/mol. The van der Waals surface area contributed by atoms with Gasteiger partial charge < -0.3 is 20.7 Å². The maximum absolute atomic E-state index is 11.7. The molecule has 1 fully saturated rings. The van der Waals surface area contributed by atoms with E-state index in [2.05, 4.69) is 16.0 Å². The second-order valence-electron chi connectivity index (χ2n) is 6.29. The number of hydrogen-bond donors (Lipinski definition) is 3. The molecule has 0 radical (unpaired) electrons. The van der Waals surface area contributed by atoms with Crippen molar-refractivity contribution in [2.24, 2.45) is 0 Å². The van der Waals surface area contributed by atoms with Crippen molar-refractivity contribution in [1.82, 2.24) is 16.0 Å². The highest BCUT2D eigenvalue weighted by molar-refractivity contribution is 5.72. The molecule has 0 saturated heterocycles. The summed E-state index contributed by atoms with van der Waals surface area (Å²) in [4.78, 5) is 22.4. The summed E-state index contributed by atoms with van der Waals surface area (Å²) in [5.41, 5.74) is -0.460. The van der Waals surface area contributed by atoms with Gasteiger partial charge in [0.05, 0.1) is 0 Å². The van der Waals surface area contributed by atoms with Gasteiger partial charge in [-0.05, 0) is 40.0 Å². The average molecular weight is 285 g/mol. The molecule has 0 aromatic rings. The summed E-state index contributed by atoms with van der Waals surface area (Å²) in [7, 11) is 0. The third kappa shape index (κ3) is 7.33. The van der Waals surface area contributed by atoms with Crippen molar-refractivity contribution < 1.29 is 14.3 Å². The van der Waals surface area contributed by atoms with Crippen molar-refractivity contribution in [2.45, 2.75) is 64.6 Å². The van der Waals surface area contributed by atoms with Gasteiger partial charge in [-0.2, -0.15) is 0 Å². The fourth-order valence-electron chi connectivity index (χ4n) is 2.29. The fraction of sp³-hybridized carbons (Fsp3) is 0.857. The van der Waals surface area contributed by atoms with Crippen molar-refractivity contribution in [3.8, 4) is 0 Å². The van der Waals surface area contributed by atoms with Gasteiger partial charge in [-0.1, -0.05) is 0 Å². The molecular formula is C14H27N3O3. The van der Waals surface area contributed by atoms with E-state index in [9.17, 15) is 9.59 Å². The van der Waals surface area contributed by atoms with Crippen LogP contribution in [0, 0.1) is 0 Å². The van der Waals surface area contributed by atoms with Crippen molar-refractivity contribution in [2.75, 3.05) is 13.1 Å². The second kappa shape index (κ2) is 7.47. The molecule has 0 heterocycles. The second-order valence-corrected chi connectivity index (χ2v) is 6.29. The van der Waals surface area contributed by atoms with Crippen molar-refractivity contribution >= 4 is 12.0 Å². The minimum Gasteiger partial charge on any atom is -0.444 e. The van der Waals surface area contributed by atoms with E-state index in [1.807, 2.05) is 20.8 Å². The van der Waals surface area contributed by atoms with Gasteiger partial charge in [0.1, 0.15) is 5.60 Å². The zero-order valence-corrected chi connectivity index (χ0v) is 12.9. The summed E-state index contributed by atoms with van der Waals surface area (Å²) >= 11 is 0. The van der Waals surface area contributed by atoms with E-state index < -0.39 is 5.60 Å². The number of hydrogen-bond acceptors (Lipinski definition) is 4. The molecule has 1 saturated carbocycles.